The summed E-state index contributed by atoms with van der Waals surface area (Å²) in [6, 6.07) is 22.5. The number of thioether (sulfide) groups is 1. The Morgan fingerprint density at radius 1 is 1.12 bits per heavy atom. The number of hydrogen-bond donors (Lipinski definition) is 0. The summed E-state index contributed by atoms with van der Waals surface area (Å²) in [6.45, 7) is 1.63. The number of ether oxygens (including phenoxy) is 1. The molecule has 0 aromatic heterocycles. The van der Waals surface area contributed by atoms with Gasteiger partial charge in [0.2, 0.25) is 0 Å². The van der Waals surface area contributed by atoms with E-state index in [1.807, 2.05) is 48.2 Å². The first-order chi connectivity index (χ1) is 19.8. The van der Waals surface area contributed by atoms with E-state index in [1.54, 1.807) is 6.92 Å². The third-order valence-electron chi connectivity index (χ3n) is 8.04. The Kier molecular flexibility index (Phi) is 9.46. The SMILES string of the molecule is COC(=O)CC1(CSC(CCc2ccccc2C(C)=O)c2cccc(C=CC3CC=c4ccc(Cl)cc4=N3)c2)CC1. The number of carbonyl (C=O) groups excluding carboxylic acids is 2. The number of hydrogen-bond acceptors (Lipinski definition) is 5. The van der Waals surface area contributed by atoms with Crippen LogP contribution in [0.1, 0.15) is 71.3 Å². The van der Waals surface area contributed by atoms with Crippen molar-refractivity contribution >= 4 is 47.3 Å². The molecule has 4 nitrogen and oxygen atoms in total. The summed E-state index contributed by atoms with van der Waals surface area (Å²) in [6.07, 6.45) is 11.7. The Morgan fingerprint density at radius 2 is 1.95 bits per heavy atom. The van der Waals surface area contributed by atoms with E-state index in [0.717, 1.165) is 65.1 Å². The Labute approximate surface area is 251 Å². The third kappa shape index (κ3) is 7.78. The molecule has 0 radical (unpaired) electrons. The van der Waals surface area contributed by atoms with Crippen LogP contribution in [-0.4, -0.2) is 30.7 Å². The smallest absolute Gasteiger partial charge is 0.306 e. The Balaban J connectivity index is 1.34. The van der Waals surface area contributed by atoms with Gasteiger partial charge in [-0.05, 0) is 78.5 Å². The quantitative estimate of drug-likeness (QED) is 0.167. The molecule has 6 heteroatoms. The Morgan fingerprint density at radius 3 is 2.73 bits per heavy atom. The number of carbonyl (C=O) groups is 2. The van der Waals surface area contributed by atoms with Gasteiger partial charge >= 0.3 is 5.97 Å². The molecule has 1 heterocycles. The fraction of sp³-hybridized carbons (Fsp3) is 0.343. The van der Waals surface area contributed by atoms with Crippen molar-refractivity contribution in [3.05, 3.63) is 111 Å². The van der Waals surface area contributed by atoms with Crippen LogP contribution in [0.25, 0.3) is 12.2 Å². The maximum atomic E-state index is 12.2. The highest BCUT2D eigenvalue weighted by molar-refractivity contribution is 7.99. The maximum Gasteiger partial charge on any atom is 0.306 e. The lowest BCUT2D eigenvalue weighted by molar-refractivity contribution is -0.141. The molecule has 0 spiro atoms. The Bertz CT molecular complexity index is 1580. The van der Waals surface area contributed by atoms with Crippen molar-refractivity contribution in [2.75, 3.05) is 12.9 Å². The molecule has 2 unspecified atom stereocenters. The first-order valence-electron chi connectivity index (χ1n) is 14.2. The van der Waals surface area contributed by atoms with Crippen LogP contribution in [0.2, 0.25) is 5.02 Å². The van der Waals surface area contributed by atoms with Gasteiger partial charge in [-0.25, -0.2) is 0 Å². The fourth-order valence-corrected chi connectivity index (χ4v) is 7.14. The standard InChI is InChI=1S/C35H36ClNO3S/c1-24(38)31-9-4-3-7-26(31)13-17-33(41-23-35(18-19-35)22-34(39)40-2)28-8-5-6-25(20-28)10-15-30-16-12-27-11-14-29(36)21-32(27)37-30/h3-12,14-15,20-21,30,33H,13,16-19,22-23H2,1-2H3. The highest BCUT2D eigenvalue weighted by atomic mass is 35.5. The van der Waals surface area contributed by atoms with Crippen LogP contribution < -0.4 is 10.6 Å². The molecule has 1 saturated carbocycles. The molecule has 212 valence electrons. The minimum absolute atomic E-state index is 0.0446. The molecule has 41 heavy (non-hydrogen) atoms. The highest BCUT2D eigenvalue weighted by Crippen LogP contribution is 2.53. The first-order valence-corrected chi connectivity index (χ1v) is 15.7. The number of rotatable bonds is 12. The van der Waals surface area contributed by atoms with Crippen LogP contribution in [-0.2, 0) is 16.0 Å². The van der Waals surface area contributed by atoms with Crippen LogP contribution in [0.3, 0.4) is 0 Å². The first kappa shape index (κ1) is 29.3. The van der Waals surface area contributed by atoms with Crippen LogP contribution in [0.15, 0.2) is 77.8 Å². The van der Waals surface area contributed by atoms with Crippen molar-refractivity contribution in [3.63, 3.8) is 0 Å². The lowest BCUT2D eigenvalue weighted by atomic mass is 9.97. The summed E-state index contributed by atoms with van der Waals surface area (Å²) in [5.41, 5.74) is 4.33. The van der Waals surface area contributed by atoms with E-state index in [1.165, 1.54) is 12.7 Å². The number of fused-ring (bicyclic) bond motifs is 1. The van der Waals surface area contributed by atoms with Gasteiger partial charge in [0, 0.05) is 21.6 Å². The zero-order valence-electron chi connectivity index (χ0n) is 23.6. The molecule has 0 saturated heterocycles. The number of ketones is 1. The summed E-state index contributed by atoms with van der Waals surface area (Å²) in [7, 11) is 1.46. The lowest BCUT2D eigenvalue weighted by Gasteiger charge is -2.22. The molecule has 1 aliphatic carbocycles. The predicted octanol–water partition coefficient (Wildman–Crippen LogP) is 7.18. The summed E-state index contributed by atoms with van der Waals surface area (Å²) >= 11 is 8.12. The van der Waals surface area contributed by atoms with E-state index in [0.29, 0.717) is 11.4 Å². The number of methoxy groups -OCH3 is 1. The average Bonchev–Trinajstić information content (AvgIpc) is 3.75. The number of nitrogens with zero attached hydrogens (tertiary/aromatic N) is 1. The molecule has 2 atom stereocenters. The largest absolute Gasteiger partial charge is 0.469 e. The second-order valence-corrected chi connectivity index (χ2v) is 12.8. The molecular formula is C35H36ClNO3S. The van der Waals surface area contributed by atoms with Crippen LogP contribution >= 0.6 is 23.4 Å². The molecular weight excluding hydrogens is 550 g/mol. The zero-order chi connectivity index (χ0) is 28.8. The van der Waals surface area contributed by atoms with E-state index in [4.69, 9.17) is 21.3 Å². The lowest BCUT2D eigenvalue weighted by Crippen LogP contribution is -2.30. The number of benzene rings is 3. The summed E-state index contributed by atoms with van der Waals surface area (Å²) in [4.78, 5) is 29.2. The van der Waals surface area contributed by atoms with Gasteiger partial charge in [-0.15, -0.1) is 0 Å². The highest BCUT2D eigenvalue weighted by Gasteiger charge is 2.45. The van der Waals surface area contributed by atoms with Crippen molar-refractivity contribution in [2.45, 2.75) is 56.7 Å². The Hall–Kier alpha value is -3.15. The van der Waals surface area contributed by atoms with Gasteiger partial charge in [-0.3, -0.25) is 14.6 Å². The van der Waals surface area contributed by atoms with Crippen LogP contribution in [0.4, 0.5) is 0 Å². The monoisotopic (exact) mass is 585 g/mol. The van der Waals surface area contributed by atoms with Gasteiger partial charge in [0.15, 0.2) is 5.78 Å². The zero-order valence-corrected chi connectivity index (χ0v) is 25.2. The molecule has 0 bridgehead atoms. The van der Waals surface area contributed by atoms with Gasteiger partial charge < -0.3 is 4.74 Å². The van der Waals surface area contributed by atoms with E-state index in [2.05, 4.69) is 48.6 Å². The van der Waals surface area contributed by atoms with Gasteiger partial charge in [-0.2, -0.15) is 11.8 Å². The molecule has 1 aliphatic heterocycles. The van der Waals surface area contributed by atoms with Gasteiger partial charge in [-0.1, -0.05) is 84.4 Å². The second kappa shape index (κ2) is 13.2. The van der Waals surface area contributed by atoms with E-state index in [-0.39, 0.29) is 28.5 Å². The number of Topliss-reactive ketones (excluding diaryl/α,β-unsaturated/α-hetero) is 1. The third-order valence-corrected chi connectivity index (χ3v) is 9.96. The molecule has 1 fully saturated rings. The summed E-state index contributed by atoms with van der Waals surface area (Å²) in [5, 5.41) is 3.01. The average molecular weight is 586 g/mol. The molecule has 0 N–H and O–H groups in total. The van der Waals surface area contributed by atoms with Crippen molar-refractivity contribution in [1.82, 2.24) is 0 Å². The summed E-state index contributed by atoms with van der Waals surface area (Å²) < 4.78 is 4.97. The van der Waals surface area contributed by atoms with Crippen molar-refractivity contribution in [1.29, 1.82) is 0 Å². The molecule has 3 aromatic carbocycles. The van der Waals surface area contributed by atoms with E-state index < -0.39 is 0 Å². The van der Waals surface area contributed by atoms with Crippen LogP contribution in [0.5, 0.6) is 0 Å². The molecule has 2 aliphatic rings. The van der Waals surface area contributed by atoms with Crippen molar-refractivity contribution in [3.8, 4) is 0 Å². The number of aryl methyl sites for hydroxylation is 1. The van der Waals surface area contributed by atoms with Crippen LogP contribution in [0, 0.1) is 5.41 Å². The maximum absolute atomic E-state index is 12.2. The van der Waals surface area contributed by atoms with E-state index in [9.17, 15) is 9.59 Å². The molecule has 3 aromatic rings. The minimum atomic E-state index is -0.127. The topological polar surface area (TPSA) is 55.7 Å². The van der Waals surface area contributed by atoms with Gasteiger partial charge in [0.05, 0.1) is 24.9 Å². The van der Waals surface area contributed by atoms with Crippen molar-refractivity contribution < 1.29 is 14.3 Å². The minimum Gasteiger partial charge on any atom is -0.469 e. The fourth-order valence-electron chi connectivity index (χ4n) is 5.41. The molecule has 5 rings (SSSR count). The normalized spacial score (nSPS) is 17.7. The number of esters is 1. The van der Waals surface area contributed by atoms with Gasteiger partial charge in [0.25, 0.3) is 0 Å². The predicted molar refractivity (Wildman–Crippen MR) is 169 cm³/mol. The molecule has 0 amide bonds. The number of halogens is 1. The summed E-state index contributed by atoms with van der Waals surface area (Å²) in [5.74, 6) is 0.889. The second-order valence-electron chi connectivity index (χ2n) is 11.2. The van der Waals surface area contributed by atoms with Crippen molar-refractivity contribution in [2.24, 2.45) is 10.4 Å². The van der Waals surface area contributed by atoms with E-state index >= 15 is 0 Å². The van der Waals surface area contributed by atoms with Gasteiger partial charge in [0.1, 0.15) is 0 Å².